The first kappa shape index (κ1) is 12.6. The third-order valence-corrected chi connectivity index (χ3v) is 3.09. The van der Waals surface area contributed by atoms with Crippen molar-refractivity contribution in [3.63, 3.8) is 0 Å². The molecule has 18 heavy (non-hydrogen) atoms. The van der Waals surface area contributed by atoms with Crippen LogP contribution in [0, 0.1) is 5.92 Å². The van der Waals surface area contributed by atoms with Gasteiger partial charge < -0.3 is 15.5 Å². The van der Waals surface area contributed by atoms with Crippen LogP contribution in [0.1, 0.15) is 13.3 Å². The van der Waals surface area contributed by atoms with Crippen molar-refractivity contribution in [2.75, 3.05) is 36.9 Å². The zero-order chi connectivity index (χ0) is 13.0. The van der Waals surface area contributed by atoms with E-state index < -0.39 is 0 Å². The summed E-state index contributed by atoms with van der Waals surface area (Å²) < 4.78 is 0. The van der Waals surface area contributed by atoms with Crippen molar-refractivity contribution in [2.45, 2.75) is 13.3 Å². The van der Waals surface area contributed by atoms with Crippen molar-refractivity contribution >= 4 is 17.7 Å². The van der Waals surface area contributed by atoms with E-state index in [2.05, 4.69) is 25.5 Å². The number of carbonyl (C=O) groups excluding carboxylic acids is 1. The average molecular weight is 249 g/mol. The van der Waals surface area contributed by atoms with E-state index in [1.807, 2.05) is 13.0 Å². The Kier molecular flexibility index (Phi) is 3.96. The van der Waals surface area contributed by atoms with Crippen LogP contribution in [-0.4, -0.2) is 42.6 Å². The van der Waals surface area contributed by atoms with Crippen molar-refractivity contribution in [3.05, 3.63) is 12.3 Å². The van der Waals surface area contributed by atoms with E-state index in [-0.39, 0.29) is 11.8 Å². The maximum Gasteiger partial charge on any atom is 0.227 e. The van der Waals surface area contributed by atoms with Gasteiger partial charge in [-0.3, -0.25) is 4.79 Å². The van der Waals surface area contributed by atoms with E-state index in [9.17, 15) is 4.79 Å². The molecule has 1 fully saturated rings. The van der Waals surface area contributed by atoms with E-state index in [1.165, 1.54) is 0 Å². The van der Waals surface area contributed by atoms with Gasteiger partial charge in [0.2, 0.25) is 11.9 Å². The number of carbonyl (C=O) groups is 1. The van der Waals surface area contributed by atoms with Gasteiger partial charge in [0.1, 0.15) is 5.82 Å². The molecule has 1 atom stereocenters. The van der Waals surface area contributed by atoms with Crippen molar-refractivity contribution in [1.29, 1.82) is 0 Å². The Morgan fingerprint density at radius 1 is 1.61 bits per heavy atom. The van der Waals surface area contributed by atoms with Gasteiger partial charge >= 0.3 is 0 Å². The molecule has 0 bridgehead atoms. The molecule has 1 amide bonds. The van der Waals surface area contributed by atoms with E-state index in [4.69, 9.17) is 0 Å². The predicted octanol–water partition coefficient (Wildman–Crippen LogP) is 0.481. The standard InChI is InChI=1S/C12H19N5O/c1-3-14-10-4-6-15-12(16-10)17-7-5-9(8-17)11(18)13-2/h4,6,9H,3,5,7-8H2,1-2H3,(H,13,18)(H,14,15,16)/t9-/m0/s1. The highest BCUT2D eigenvalue weighted by molar-refractivity contribution is 5.79. The van der Waals surface area contributed by atoms with E-state index >= 15 is 0 Å². The summed E-state index contributed by atoms with van der Waals surface area (Å²) in [6, 6.07) is 1.85. The predicted molar refractivity (Wildman–Crippen MR) is 70.6 cm³/mol. The topological polar surface area (TPSA) is 70.2 Å². The lowest BCUT2D eigenvalue weighted by atomic mass is 10.1. The minimum Gasteiger partial charge on any atom is -0.370 e. The number of rotatable bonds is 4. The number of nitrogens with zero attached hydrogens (tertiary/aromatic N) is 3. The van der Waals surface area contributed by atoms with Crippen LogP contribution in [0.5, 0.6) is 0 Å². The number of aromatic nitrogens is 2. The fourth-order valence-corrected chi connectivity index (χ4v) is 2.14. The number of anilines is 2. The number of hydrogen-bond donors (Lipinski definition) is 2. The van der Waals surface area contributed by atoms with E-state index in [0.717, 1.165) is 25.3 Å². The van der Waals surface area contributed by atoms with Crippen LogP contribution in [0.4, 0.5) is 11.8 Å². The Labute approximate surface area is 107 Å². The minimum absolute atomic E-state index is 0.0430. The largest absolute Gasteiger partial charge is 0.370 e. The van der Waals surface area contributed by atoms with Crippen LogP contribution < -0.4 is 15.5 Å². The van der Waals surface area contributed by atoms with Crippen molar-refractivity contribution in [1.82, 2.24) is 15.3 Å². The van der Waals surface area contributed by atoms with Gasteiger partial charge in [0.15, 0.2) is 0 Å². The van der Waals surface area contributed by atoms with Crippen molar-refractivity contribution < 1.29 is 4.79 Å². The Hall–Kier alpha value is -1.85. The molecule has 1 aromatic rings. The Balaban J connectivity index is 2.04. The monoisotopic (exact) mass is 249 g/mol. The highest BCUT2D eigenvalue weighted by atomic mass is 16.1. The van der Waals surface area contributed by atoms with Crippen LogP contribution in [0.15, 0.2) is 12.3 Å². The molecule has 0 unspecified atom stereocenters. The normalized spacial score (nSPS) is 18.8. The fraction of sp³-hybridized carbons (Fsp3) is 0.583. The smallest absolute Gasteiger partial charge is 0.227 e. The maximum atomic E-state index is 11.6. The first-order chi connectivity index (χ1) is 8.74. The molecule has 0 aliphatic carbocycles. The molecule has 0 radical (unpaired) electrons. The lowest BCUT2D eigenvalue weighted by Gasteiger charge is -2.16. The molecule has 2 heterocycles. The molecular weight excluding hydrogens is 230 g/mol. The van der Waals surface area contributed by atoms with Crippen LogP contribution in [0.2, 0.25) is 0 Å². The lowest BCUT2D eigenvalue weighted by molar-refractivity contribution is -0.123. The van der Waals surface area contributed by atoms with Crippen LogP contribution in [0.3, 0.4) is 0 Å². The summed E-state index contributed by atoms with van der Waals surface area (Å²) in [5.74, 6) is 1.66. The molecule has 6 heteroatoms. The SMILES string of the molecule is CCNc1ccnc(N2CC[C@H](C(=O)NC)C2)n1. The number of hydrogen-bond acceptors (Lipinski definition) is 5. The second-order valence-electron chi connectivity index (χ2n) is 4.32. The van der Waals surface area contributed by atoms with Crippen LogP contribution in [0.25, 0.3) is 0 Å². The maximum absolute atomic E-state index is 11.6. The molecule has 0 aromatic carbocycles. The molecule has 2 rings (SSSR count). The summed E-state index contributed by atoms with van der Waals surface area (Å²) in [4.78, 5) is 22.3. The summed E-state index contributed by atoms with van der Waals surface area (Å²) in [5.41, 5.74) is 0. The van der Waals surface area contributed by atoms with Gasteiger partial charge in [-0.2, -0.15) is 4.98 Å². The molecule has 6 nitrogen and oxygen atoms in total. The molecular formula is C12H19N5O. The quantitative estimate of drug-likeness (QED) is 0.812. The molecule has 0 saturated carbocycles. The third-order valence-electron chi connectivity index (χ3n) is 3.09. The Bertz CT molecular complexity index is 423. The van der Waals surface area contributed by atoms with Gasteiger partial charge in [-0.1, -0.05) is 0 Å². The molecule has 0 spiro atoms. The molecule has 98 valence electrons. The van der Waals surface area contributed by atoms with Gasteiger partial charge in [0.25, 0.3) is 0 Å². The Morgan fingerprint density at radius 2 is 2.44 bits per heavy atom. The van der Waals surface area contributed by atoms with Crippen LogP contribution >= 0.6 is 0 Å². The zero-order valence-electron chi connectivity index (χ0n) is 10.8. The first-order valence-corrected chi connectivity index (χ1v) is 6.28. The van der Waals surface area contributed by atoms with Gasteiger partial charge in [0.05, 0.1) is 5.92 Å². The number of nitrogens with one attached hydrogen (secondary N) is 2. The highest BCUT2D eigenvalue weighted by Gasteiger charge is 2.28. The van der Waals surface area contributed by atoms with Crippen LogP contribution in [-0.2, 0) is 4.79 Å². The highest BCUT2D eigenvalue weighted by Crippen LogP contribution is 2.21. The summed E-state index contributed by atoms with van der Waals surface area (Å²) in [6.45, 7) is 4.37. The first-order valence-electron chi connectivity index (χ1n) is 6.28. The van der Waals surface area contributed by atoms with E-state index in [1.54, 1.807) is 13.2 Å². The third kappa shape index (κ3) is 2.69. The molecule has 2 N–H and O–H groups in total. The Morgan fingerprint density at radius 3 is 3.17 bits per heavy atom. The van der Waals surface area contributed by atoms with Crippen molar-refractivity contribution in [2.24, 2.45) is 5.92 Å². The van der Waals surface area contributed by atoms with E-state index in [0.29, 0.717) is 12.5 Å². The van der Waals surface area contributed by atoms with Gasteiger partial charge in [0, 0.05) is 32.9 Å². The van der Waals surface area contributed by atoms with Gasteiger partial charge in [-0.15, -0.1) is 0 Å². The minimum atomic E-state index is 0.0430. The van der Waals surface area contributed by atoms with Gasteiger partial charge in [-0.25, -0.2) is 4.98 Å². The summed E-state index contributed by atoms with van der Waals surface area (Å²) in [6.07, 6.45) is 2.60. The molecule has 1 saturated heterocycles. The van der Waals surface area contributed by atoms with Gasteiger partial charge in [-0.05, 0) is 19.4 Å². The molecule has 1 aliphatic rings. The lowest BCUT2D eigenvalue weighted by Crippen LogP contribution is -2.30. The average Bonchev–Trinajstić information content (AvgIpc) is 2.88. The van der Waals surface area contributed by atoms with Crippen molar-refractivity contribution in [3.8, 4) is 0 Å². The second kappa shape index (κ2) is 5.66. The molecule has 1 aromatic heterocycles. The number of amides is 1. The summed E-state index contributed by atoms with van der Waals surface area (Å²) >= 11 is 0. The second-order valence-corrected chi connectivity index (χ2v) is 4.32. The zero-order valence-corrected chi connectivity index (χ0v) is 10.8. The molecule has 1 aliphatic heterocycles. The fourth-order valence-electron chi connectivity index (χ4n) is 2.14. The summed E-state index contributed by atoms with van der Waals surface area (Å²) in [7, 11) is 1.67. The summed E-state index contributed by atoms with van der Waals surface area (Å²) in [5, 5.41) is 5.85.